The lowest BCUT2D eigenvalue weighted by Crippen LogP contribution is -2.26. The summed E-state index contributed by atoms with van der Waals surface area (Å²) in [6.07, 6.45) is -4.52. The number of aryl methyl sites for hydroxylation is 1. The predicted octanol–water partition coefficient (Wildman–Crippen LogP) is 2.88. The van der Waals surface area contributed by atoms with Crippen LogP contribution in [0.1, 0.15) is 21.5 Å². The Hall–Kier alpha value is -1.76. The van der Waals surface area contributed by atoms with Gasteiger partial charge in [0.15, 0.2) is 0 Å². The number of anilines is 1. The van der Waals surface area contributed by atoms with Crippen LogP contribution in [-0.4, -0.2) is 40.4 Å². The summed E-state index contributed by atoms with van der Waals surface area (Å²) in [7, 11) is 4.34. The zero-order chi connectivity index (χ0) is 16.2. The fourth-order valence-corrected chi connectivity index (χ4v) is 2.06. The number of esters is 1. The molecule has 0 radical (unpaired) electrons. The van der Waals surface area contributed by atoms with E-state index in [0.717, 1.165) is 19.2 Å². The first-order valence-electron chi connectivity index (χ1n) is 6.22. The van der Waals surface area contributed by atoms with E-state index in [1.165, 1.54) is 14.0 Å². The maximum atomic E-state index is 12.9. The van der Waals surface area contributed by atoms with Gasteiger partial charge in [0, 0.05) is 20.7 Å². The molecule has 0 spiro atoms. The van der Waals surface area contributed by atoms with Gasteiger partial charge in [0.25, 0.3) is 0 Å². The summed E-state index contributed by atoms with van der Waals surface area (Å²) in [5.41, 5.74) is -0.219. The lowest BCUT2D eigenvalue weighted by molar-refractivity contribution is -0.137. The summed E-state index contributed by atoms with van der Waals surface area (Å²) in [5.74, 6) is -0.802. The van der Waals surface area contributed by atoms with Crippen LogP contribution in [-0.2, 0) is 15.7 Å². The van der Waals surface area contributed by atoms with Gasteiger partial charge in [0.1, 0.15) is 0 Å². The molecular weight excluding hydrogens is 287 g/mol. The highest BCUT2D eigenvalue weighted by atomic mass is 19.4. The Balaban J connectivity index is 3.38. The van der Waals surface area contributed by atoms with Gasteiger partial charge in [0.2, 0.25) is 0 Å². The summed E-state index contributed by atoms with van der Waals surface area (Å²) in [6.45, 7) is 2.35. The van der Waals surface area contributed by atoms with Gasteiger partial charge in [-0.05, 0) is 24.6 Å². The second-order valence-corrected chi connectivity index (χ2v) is 4.59. The molecule has 4 nitrogen and oxygen atoms in total. The fraction of sp³-hybridized carbons (Fsp3) is 0.500. The summed E-state index contributed by atoms with van der Waals surface area (Å²) in [5, 5.41) is 0. The van der Waals surface area contributed by atoms with E-state index < -0.39 is 17.7 Å². The van der Waals surface area contributed by atoms with E-state index in [0.29, 0.717) is 24.4 Å². The van der Waals surface area contributed by atoms with Crippen LogP contribution in [0, 0.1) is 6.92 Å². The van der Waals surface area contributed by atoms with Crippen LogP contribution in [0.25, 0.3) is 0 Å². The number of likely N-dealkylation sites (N-methyl/N-ethyl adjacent to an activating group) is 1. The van der Waals surface area contributed by atoms with Gasteiger partial charge in [-0.1, -0.05) is 0 Å². The number of carbonyl (C=O) groups is 1. The van der Waals surface area contributed by atoms with E-state index in [1.807, 2.05) is 0 Å². The smallest absolute Gasteiger partial charge is 0.416 e. The van der Waals surface area contributed by atoms with E-state index >= 15 is 0 Å². The molecule has 0 bridgehead atoms. The molecule has 0 aliphatic carbocycles. The van der Waals surface area contributed by atoms with Gasteiger partial charge in [-0.3, -0.25) is 0 Å². The monoisotopic (exact) mass is 305 g/mol. The Kier molecular flexibility index (Phi) is 5.60. The van der Waals surface area contributed by atoms with E-state index in [2.05, 4.69) is 4.74 Å². The van der Waals surface area contributed by atoms with Crippen LogP contribution in [0.5, 0.6) is 0 Å². The van der Waals surface area contributed by atoms with Crippen LogP contribution >= 0.6 is 0 Å². The molecule has 118 valence electrons. The Morgan fingerprint density at radius 2 is 1.90 bits per heavy atom. The molecule has 0 aliphatic heterocycles. The molecule has 0 saturated carbocycles. The van der Waals surface area contributed by atoms with Crippen LogP contribution in [0.15, 0.2) is 12.1 Å². The zero-order valence-corrected chi connectivity index (χ0v) is 12.4. The summed E-state index contributed by atoms with van der Waals surface area (Å²) >= 11 is 0. The molecule has 1 aromatic carbocycles. The lowest BCUT2D eigenvalue weighted by Gasteiger charge is -2.24. The van der Waals surface area contributed by atoms with Gasteiger partial charge in [-0.25, -0.2) is 4.79 Å². The number of halogens is 3. The van der Waals surface area contributed by atoms with Crippen molar-refractivity contribution >= 4 is 11.7 Å². The third-order valence-electron chi connectivity index (χ3n) is 3.05. The minimum Gasteiger partial charge on any atom is -0.465 e. The van der Waals surface area contributed by atoms with Crippen molar-refractivity contribution in [3.8, 4) is 0 Å². The Labute approximate surface area is 121 Å². The van der Waals surface area contributed by atoms with Crippen molar-refractivity contribution in [3.63, 3.8) is 0 Å². The first kappa shape index (κ1) is 17.3. The highest BCUT2D eigenvalue weighted by Crippen LogP contribution is 2.35. The molecule has 0 heterocycles. The number of rotatable bonds is 5. The van der Waals surface area contributed by atoms with Crippen molar-refractivity contribution in [1.29, 1.82) is 0 Å². The molecule has 0 unspecified atom stereocenters. The quantitative estimate of drug-likeness (QED) is 0.784. The SMILES string of the molecule is COCCN(C)c1c(C)cc(C(F)(F)F)cc1C(=O)OC. The fourth-order valence-electron chi connectivity index (χ4n) is 2.06. The van der Waals surface area contributed by atoms with Crippen LogP contribution in [0.4, 0.5) is 18.9 Å². The summed E-state index contributed by atoms with van der Waals surface area (Å²) in [6, 6.07) is 1.84. The second kappa shape index (κ2) is 6.80. The van der Waals surface area contributed by atoms with Gasteiger partial charge < -0.3 is 14.4 Å². The number of hydrogen-bond donors (Lipinski definition) is 0. The molecular formula is C14H18F3NO3. The van der Waals surface area contributed by atoms with Gasteiger partial charge in [-0.15, -0.1) is 0 Å². The number of methoxy groups -OCH3 is 2. The summed E-state index contributed by atoms with van der Waals surface area (Å²) in [4.78, 5) is 13.5. The maximum absolute atomic E-state index is 12.9. The third kappa shape index (κ3) is 4.10. The number of carbonyl (C=O) groups excluding carboxylic acids is 1. The minimum atomic E-state index is -4.52. The van der Waals surface area contributed by atoms with Crippen molar-refractivity contribution in [3.05, 3.63) is 28.8 Å². The average molecular weight is 305 g/mol. The van der Waals surface area contributed by atoms with E-state index in [1.54, 1.807) is 11.9 Å². The molecule has 0 N–H and O–H groups in total. The topological polar surface area (TPSA) is 38.8 Å². The molecule has 21 heavy (non-hydrogen) atoms. The maximum Gasteiger partial charge on any atom is 0.416 e. The Morgan fingerprint density at radius 1 is 1.29 bits per heavy atom. The Bertz CT molecular complexity index is 515. The molecule has 0 atom stereocenters. The van der Waals surface area contributed by atoms with Crippen molar-refractivity contribution in [2.45, 2.75) is 13.1 Å². The highest BCUT2D eigenvalue weighted by molar-refractivity contribution is 5.97. The van der Waals surface area contributed by atoms with Crippen molar-refractivity contribution in [2.75, 3.05) is 39.3 Å². The number of ether oxygens (including phenoxy) is 2. The van der Waals surface area contributed by atoms with Crippen molar-refractivity contribution in [2.24, 2.45) is 0 Å². The first-order chi connectivity index (χ1) is 9.72. The van der Waals surface area contributed by atoms with E-state index in [9.17, 15) is 18.0 Å². The molecule has 0 aliphatic rings. The van der Waals surface area contributed by atoms with Gasteiger partial charge >= 0.3 is 12.1 Å². The van der Waals surface area contributed by atoms with Crippen molar-refractivity contribution in [1.82, 2.24) is 0 Å². The molecule has 0 saturated heterocycles. The largest absolute Gasteiger partial charge is 0.465 e. The highest BCUT2D eigenvalue weighted by Gasteiger charge is 2.33. The van der Waals surface area contributed by atoms with Gasteiger partial charge in [0.05, 0.1) is 30.5 Å². The molecule has 7 heteroatoms. The second-order valence-electron chi connectivity index (χ2n) is 4.59. The molecule has 0 aromatic heterocycles. The molecule has 0 amide bonds. The summed E-state index contributed by atoms with van der Waals surface area (Å²) < 4.78 is 48.1. The standard InChI is InChI=1S/C14H18F3NO3/c1-9-7-10(14(15,16)17)8-11(13(19)21-4)12(9)18(2)5-6-20-3/h7-8H,5-6H2,1-4H3. The lowest BCUT2D eigenvalue weighted by atomic mass is 10.0. The molecule has 0 fully saturated rings. The molecule has 1 rings (SSSR count). The number of nitrogens with zero attached hydrogens (tertiary/aromatic N) is 1. The van der Waals surface area contributed by atoms with Crippen LogP contribution < -0.4 is 4.90 Å². The van der Waals surface area contributed by atoms with Crippen LogP contribution in [0.2, 0.25) is 0 Å². The van der Waals surface area contributed by atoms with Crippen LogP contribution in [0.3, 0.4) is 0 Å². The number of alkyl halides is 3. The zero-order valence-electron chi connectivity index (χ0n) is 12.4. The van der Waals surface area contributed by atoms with Gasteiger partial charge in [-0.2, -0.15) is 13.2 Å². The van der Waals surface area contributed by atoms with E-state index in [4.69, 9.17) is 4.74 Å². The normalized spacial score (nSPS) is 11.4. The first-order valence-corrected chi connectivity index (χ1v) is 6.22. The minimum absolute atomic E-state index is 0.108. The third-order valence-corrected chi connectivity index (χ3v) is 3.05. The van der Waals surface area contributed by atoms with E-state index in [-0.39, 0.29) is 5.56 Å². The number of hydrogen-bond acceptors (Lipinski definition) is 4. The number of benzene rings is 1. The average Bonchev–Trinajstić information content (AvgIpc) is 2.41. The molecule has 1 aromatic rings. The van der Waals surface area contributed by atoms with Crippen molar-refractivity contribution < 1.29 is 27.4 Å². The Morgan fingerprint density at radius 3 is 2.38 bits per heavy atom. The predicted molar refractivity (Wildman–Crippen MR) is 72.7 cm³/mol.